The molecule has 0 aromatic rings. The first kappa shape index (κ1) is 43.6. The minimum Gasteiger partial charge on any atom is -0.394 e. The van der Waals surface area contributed by atoms with Gasteiger partial charge in [0.1, 0.15) is 110 Å². The lowest BCUT2D eigenvalue weighted by atomic mass is 10.1. The summed E-state index contributed by atoms with van der Waals surface area (Å²) >= 11 is 0. The lowest BCUT2D eigenvalue weighted by molar-refractivity contribution is -0.232. The van der Waals surface area contributed by atoms with Crippen LogP contribution < -0.4 is 0 Å². The van der Waals surface area contributed by atoms with E-state index in [4.69, 9.17) is 52.1 Å². The largest absolute Gasteiger partial charge is 0.394 e. The molecule has 0 spiro atoms. The summed E-state index contributed by atoms with van der Waals surface area (Å²) in [5.41, 5.74) is 0. The van der Waals surface area contributed by atoms with Gasteiger partial charge in [-0.2, -0.15) is 0 Å². The van der Waals surface area contributed by atoms with Gasteiger partial charge < -0.3 is 124 Å². The molecule has 6 heterocycles. The fraction of sp³-hybridized carbons (Fsp3) is 1.00. The van der Waals surface area contributed by atoms with E-state index in [2.05, 4.69) is 0 Å². The molecular formula is C30H50O25. The molecule has 320 valence electrons. The smallest absolute Gasteiger partial charge is 0.187 e. The Bertz CT molecular complexity index is 1210. The van der Waals surface area contributed by atoms with Crippen molar-refractivity contribution in [2.75, 3.05) is 39.6 Å². The van der Waals surface area contributed by atoms with E-state index in [0.29, 0.717) is 0 Å². The first-order chi connectivity index (χ1) is 26.2. The summed E-state index contributed by atoms with van der Waals surface area (Å²) in [6.07, 6.45) is -35.7. The zero-order valence-electron chi connectivity index (χ0n) is 28.9. The highest BCUT2D eigenvalue weighted by Gasteiger charge is 2.54. The fourth-order valence-corrected chi connectivity index (χ4v) is 6.99. The highest BCUT2D eigenvalue weighted by Crippen LogP contribution is 2.34. The molecule has 0 aliphatic carbocycles. The van der Waals surface area contributed by atoms with Gasteiger partial charge in [-0.3, -0.25) is 0 Å². The molecule has 0 aromatic carbocycles. The normalized spacial score (nSPS) is 52.9. The Hall–Kier alpha value is -1.00. The van der Waals surface area contributed by atoms with E-state index in [-0.39, 0.29) is 0 Å². The van der Waals surface area contributed by atoms with Crippen molar-refractivity contribution in [1.29, 1.82) is 0 Å². The third-order valence-electron chi connectivity index (χ3n) is 10.3. The SMILES string of the molecule is OC[C@H]1O[C@H](O[C@H]2[C@H](O)[C@@H](OC[C@H]3O[C@H](OC[C@H]4O[C@H](OC[C@H]5O[C@H](O)[C@@H](O)[C@@H]5O)[C@@H](O)[C@@H]4O[C@H]4O[C@H](CO)[C@@H](O)[C@@H]4O)[C@@H](O)[C@@H]3O)O[C@@H]2CO)[C@@H](O)[C@@H]1O. The van der Waals surface area contributed by atoms with Gasteiger partial charge in [-0.25, -0.2) is 0 Å². The topological polar surface area (TPSA) is 385 Å². The summed E-state index contributed by atoms with van der Waals surface area (Å²) in [6, 6.07) is 0. The summed E-state index contributed by atoms with van der Waals surface area (Å²) in [7, 11) is 0. The molecule has 14 N–H and O–H groups in total. The van der Waals surface area contributed by atoms with Crippen molar-refractivity contribution < 1.29 is 124 Å². The monoisotopic (exact) mass is 810 g/mol. The summed E-state index contributed by atoms with van der Waals surface area (Å²) in [6.45, 7) is -3.57. The second kappa shape index (κ2) is 18.5. The number of aliphatic hydroxyl groups is 14. The van der Waals surface area contributed by atoms with Crippen LogP contribution in [-0.4, -0.2) is 259 Å². The van der Waals surface area contributed by atoms with E-state index in [1.54, 1.807) is 0 Å². The standard InChI is InChI=1S/C30H50O25/c31-1-7-13(34)19(40)29(49-7)54-23-9(3-33)51-27(21(23)42)46-5-11-16(37)18(39)26(52-11)47-6-12-24(55-30-20(41)14(35)8(2-32)50-30)22(43)28(53-12)45-4-10-15(36)17(38)25(44)48-10/h7-44H,1-6H2/t7-,8-,9-,10-,11-,12-,13-,14-,15-,16-,17+,18+,19+,20+,21+,22+,23-,24-,25+,26+,27+,28+,29-,30-/m1/s1. The zero-order valence-corrected chi connectivity index (χ0v) is 28.9. The second-order valence-corrected chi connectivity index (χ2v) is 13.9. The Balaban J connectivity index is 1.04. The van der Waals surface area contributed by atoms with Crippen molar-refractivity contribution in [1.82, 2.24) is 0 Å². The third-order valence-corrected chi connectivity index (χ3v) is 10.3. The van der Waals surface area contributed by atoms with Gasteiger partial charge in [0.15, 0.2) is 37.7 Å². The Kier molecular flexibility index (Phi) is 14.7. The maximum atomic E-state index is 11.1. The van der Waals surface area contributed by atoms with Gasteiger partial charge in [-0.05, 0) is 0 Å². The molecule has 25 nitrogen and oxygen atoms in total. The molecule has 6 aliphatic rings. The van der Waals surface area contributed by atoms with Crippen LogP contribution in [0.25, 0.3) is 0 Å². The van der Waals surface area contributed by atoms with Crippen LogP contribution >= 0.6 is 0 Å². The summed E-state index contributed by atoms with van der Waals surface area (Å²) in [5.74, 6) is 0. The van der Waals surface area contributed by atoms with Gasteiger partial charge in [0.25, 0.3) is 0 Å². The van der Waals surface area contributed by atoms with Crippen molar-refractivity contribution in [3.8, 4) is 0 Å². The molecule has 0 bridgehead atoms. The first-order valence-corrected chi connectivity index (χ1v) is 17.6. The molecule has 0 unspecified atom stereocenters. The average Bonchev–Trinajstić information content (AvgIpc) is 3.95. The summed E-state index contributed by atoms with van der Waals surface area (Å²) in [5, 5.41) is 142. The van der Waals surface area contributed by atoms with Crippen LogP contribution in [0.1, 0.15) is 0 Å². The fourth-order valence-electron chi connectivity index (χ4n) is 6.99. The van der Waals surface area contributed by atoms with Crippen LogP contribution in [0.2, 0.25) is 0 Å². The van der Waals surface area contributed by atoms with E-state index >= 15 is 0 Å². The molecule has 55 heavy (non-hydrogen) atoms. The van der Waals surface area contributed by atoms with Crippen LogP contribution in [0.15, 0.2) is 0 Å². The van der Waals surface area contributed by atoms with Crippen LogP contribution in [0, 0.1) is 0 Å². The highest BCUT2D eigenvalue weighted by molar-refractivity contribution is 4.96. The molecule has 6 saturated heterocycles. The summed E-state index contributed by atoms with van der Waals surface area (Å²) < 4.78 is 60.6. The Morgan fingerprint density at radius 3 is 1.07 bits per heavy atom. The van der Waals surface area contributed by atoms with Gasteiger partial charge >= 0.3 is 0 Å². The van der Waals surface area contributed by atoms with Gasteiger partial charge in [0.2, 0.25) is 0 Å². The van der Waals surface area contributed by atoms with E-state index in [0.717, 1.165) is 0 Å². The van der Waals surface area contributed by atoms with Gasteiger partial charge in [0, 0.05) is 0 Å². The van der Waals surface area contributed by atoms with Crippen molar-refractivity contribution in [3.63, 3.8) is 0 Å². The number of aliphatic hydroxyl groups excluding tert-OH is 14. The van der Waals surface area contributed by atoms with Crippen molar-refractivity contribution in [2.45, 2.75) is 148 Å². The van der Waals surface area contributed by atoms with Crippen LogP contribution in [-0.2, 0) is 52.1 Å². The third kappa shape index (κ3) is 8.97. The molecule has 0 amide bonds. The number of hydrogen-bond acceptors (Lipinski definition) is 25. The van der Waals surface area contributed by atoms with Crippen LogP contribution in [0.3, 0.4) is 0 Å². The van der Waals surface area contributed by atoms with Gasteiger partial charge in [-0.1, -0.05) is 0 Å². The molecule has 0 aromatic heterocycles. The molecular weight excluding hydrogens is 760 g/mol. The molecule has 6 aliphatic heterocycles. The lowest BCUT2D eigenvalue weighted by Gasteiger charge is -2.26. The molecule has 6 rings (SSSR count). The van der Waals surface area contributed by atoms with Gasteiger partial charge in [-0.15, -0.1) is 0 Å². The van der Waals surface area contributed by atoms with E-state index in [1.165, 1.54) is 0 Å². The highest BCUT2D eigenvalue weighted by atomic mass is 16.8. The average molecular weight is 811 g/mol. The second-order valence-electron chi connectivity index (χ2n) is 13.9. The van der Waals surface area contributed by atoms with E-state index in [9.17, 15) is 71.5 Å². The maximum absolute atomic E-state index is 11.1. The van der Waals surface area contributed by atoms with E-state index in [1.807, 2.05) is 0 Å². The molecule has 6 fully saturated rings. The molecule has 25 heteroatoms. The summed E-state index contributed by atoms with van der Waals surface area (Å²) in [4.78, 5) is 0. The molecule has 0 radical (unpaired) electrons. The number of ether oxygens (including phenoxy) is 11. The number of rotatable bonds is 16. The predicted octanol–water partition coefficient (Wildman–Crippen LogP) is -10.3. The Morgan fingerprint density at radius 1 is 0.309 bits per heavy atom. The van der Waals surface area contributed by atoms with Crippen LogP contribution in [0.5, 0.6) is 0 Å². The quantitative estimate of drug-likeness (QED) is 0.0688. The zero-order chi connectivity index (χ0) is 39.9. The Labute approximate surface area is 311 Å². The van der Waals surface area contributed by atoms with Crippen molar-refractivity contribution in [3.05, 3.63) is 0 Å². The predicted molar refractivity (Wildman–Crippen MR) is 163 cm³/mol. The number of hydrogen-bond donors (Lipinski definition) is 14. The Morgan fingerprint density at radius 2 is 0.636 bits per heavy atom. The van der Waals surface area contributed by atoms with E-state index < -0.39 is 187 Å². The molecule has 24 atom stereocenters. The van der Waals surface area contributed by atoms with Gasteiger partial charge in [0.05, 0.1) is 39.6 Å². The lowest BCUT2D eigenvalue weighted by Crippen LogP contribution is -2.44. The van der Waals surface area contributed by atoms with Crippen LogP contribution in [0.4, 0.5) is 0 Å². The maximum Gasteiger partial charge on any atom is 0.187 e. The minimum absolute atomic E-state index is 0.502. The first-order valence-electron chi connectivity index (χ1n) is 17.6. The van der Waals surface area contributed by atoms with Crippen molar-refractivity contribution >= 4 is 0 Å². The van der Waals surface area contributed by atoms with Crippen molar-refractivity contribution in [2.24, 2.45) is 0 Å². The molecule has 0 saturated carbocycles. The minimum atomic E-state index is -1.70.